The molecule has 69 heavy (non-hydrogen) atoms. The second kappa shape index (κ2) is 24.2. The average molecular weight is 936 g/mol. The highest BCUT2D eigenvalue weighted by molar-refractivity contribution is 6.06. The van der Waals surface area contributed by atoms with Crippen LogP contribution in [-0.4, -0.2) is 81.7 Å². The number of hydrogen-bond acceptors (Lipinski definition) is 11. The van der Waals surface area contributed by atoms with Gasteiger partial charge in [0, 0.05) is 43.1 Å². The summed E-state index contributed by atoms with van der Waals surface area (Å²) in [7, 11) is 1.51. The number of fused-ring (bicyclic) bond motifs is 2. The van der Waals surface area contributed by atoms with Gasteiger partial charge in [0.05, 0.1) is 37.6 Å². The van der Waals surface area contributed by atoms with Crippen LogP contribution in [0.3, 0.4) is 0 Å². The molecule has 0 spiro atoms. The van der Waals surface area contributed by atoms with Gasteiger partial charge in [0.15, 0.2) is 34.9 Å². The first-order valence-electron chi connectivity index (χ1n) is 25.0. The van der Waals surface area contributed by atoms with Crippen molar-refractivity contribution in [3.63, 3.8) is 0 Å². The van der Waals surface area contributed by atoms with Crippen LogP contribution in [0, 0.1) is 53.3 Å². The zero-order valence-electron chi connectivity index (χ0n) is 40.7. The first-order valence-corrected chi connectivity index (χ1v) is 25.0. The van der Waals surface area contributed by atoms with E-state index in [1.54, 1.807) is 19.2 Å². The van der Waals surface area contributed by atoms with Crippen molar-refractivity contribution in [3.8, 4) is 23.3 Å². The first kappa shape index (κ1) is 51.1. The molecule has 11 heteroatoms. The average Bonchev–Trinajstić information content (AvgIpc) is 3.74. The van der Waals surface area contributed by atoms with E-state index in [2.05, 4.69) is 54.2 Å². The van der Waals surface area contributed by atoms with Gasteiger partial charge in [0.1, 0.15) is 24.0 Å². The zero-order chi connectivity index (χ0) is 49.0. The van der Waals surface area contributed by atoms with Gasteiger partial charge in [-0.1, -0.05) is 85.8 Å². The second-order valence-electron chi connectivity index (χ2n) is 19.7. The highest BCUT2D eigenvalue weighted by Crippen LogP contribution is 2.46. The molecule has 11 nitrogen and oxygen atoms in total. The van der Waals surface area contributed by atoms with E-state index in [1.807, 2.05) is 66.9 Å². The van der Waals surface area contributed by atoms with Crippen LogP contribution in [0.5, 0.6) is 11.5 Å². The number of aromatic nitrogens is 1. The van der Waals surface area contributed by atoms with Crippen molar-refractivity contribution < 1.29 is 34.8 Å². The van der Waals surface area contributed by atoms with E-state index in [4.69, 9.17) is 15.5 Å². The van der Waals surface area contributed by atoms with Gasteiger partial charge in [0.25, 0.3) is 0 Å². The van der Waals surface area contributed by atoms with Crippen molar-refractivity contribution in [3.05, 3.63) is 136 Å². The molecule has 0 saturated heterocycles. The number of hydrogen-bond donors (Lipinski definition) is 6. The van der Waals surface area contributed by atoms with E-state index in [9.17, 15) is 30.0 Å². The largest absolute Gasteiger partial charge is 0.504 e. The van der Waals surface area contributed by atoms with Gasteiger partial charge in [-0.15, -0.1) is 4.99 Å². The molecule has 1 saturated carbocycles. The van der Waals surface area contributed by atoms with Crippen LogP contribution < -0.4 is 15.8 Å². The number of nitrogen functional groups attached to an aromatic ring is 1. The number of carbonyl (C=O) groups is 2. The number of benzene rings is 3. The summed E-state index contributed by atoms with van der Waals surface area (Å²) in [4.78, 5) is 38.1. The Morgan fingerprint density at radius 3 is 2.39 bits per heavy atom. The third kappa shape index (κ3) is 13.1. The number of phenols is 1. The number of methoxy groups -OCH3 is 1. The topological polar surface area (TPSA) is 188 Å². The molecule has 364 valence electrons. The first-order chi connectivity index (χ1) is 33.3. The lowest BCUT2D eigenvalue weighted by molar-refractivity contribution is -0.142. The number of pyridine rings is 1. The van der Waals surface area contributed by atoms with E-state index in [0.717, 1.165) is 45.9 Å². The summed E-state index contributed by atoms with van der Waals surface area (Å²) in [6.07, 6.45) is 7.80. The SMILES string of the molecule is CCCC(C(O)CC1=C[C+](C(C)CNCC(C)O)C=N1)C1CC(Cc2ccnc(N)c2)CC2C#CC(c3ccccc3)c3c(cc(OC)c(O)c3CCc3ccccc3)CCC(=O)C(O)C(=O)C2C1. The van der Waals surface area contributed by atoms with E-state index >= 15 is 0 Å². The summed E-state index contributed by atoms with van der Waals surface area (Å²) in [6.45, 7) is 7.15. The fraction of sp³-hybridized carbons (Fsp3) is 0.466. The summed E-state index contributed by atoms with van der Waals surface area (Å²) in [5.74, 6) is 5.99. The monoisotopic (exact) mass is 936 g/mol. The predicted octanol–water partition coefficient (Wildman–Crippen LogP) is 7.95. The highest BCUT2D eigenvalue weighted by Gasteiger charge is 2.44. The van der Waals surface area contributed by atoms with Crippen LogP contribution in [0.4, 0.5) is 5.82 Å². The van der Waals surface area contributed by atoms with Crippen molar-refractivity contribution >= 4 is 23.6 Å². The number of anilines is 1. The van der Waals surface area contributed by atoms with Crippen LogP contribution in [0.1, 0.15) is 105 Å². The maximum absolute atomic E-state index is 14.9. The third-order valence-corrected chi connectivity index (χ3v) is 14.6. The summed E-state index contributed by atoms with van der Waals surface area (Å²) >= 11 is 0. The molecular formula is C58H71N4O7+. The fourth-order valence-electron chi connectivity index (χ4n) is 11.0. The summed E-state index contributed by atoms with van der Waals surface area (Å²) in [6, 6.07) is 25.7. The number of phenolic OH excluding ortho intramolecular Hbond substituents is 1. The molecule has 10 unspecified atom stereocenters. The molecule has 2 aliphatic carbocycles. The van der Waals surface area contributed by atoms with Gasteiger partial charge in [-0.2, -0.15) is 0 Å². The molecule has 10 atom stereocenters. The second-order valence-corrected chi connectivity index (χ2v) is 19.7. The lowest BCUT2D eigenvalue weighted by Crippen LogP contribution is -2.39. The molecule has 3 aliphatic rings. The minimum Gasteiger partial charge on any atom is -0.504 e. The van der Waals surface area contributed by atoms with E-state index in [-0.39, 0.29) is 48.0 Å². The summed E-state index contributed by atoms with van der Waals surface area (Å²) in [5, 5.41) is 49.2. The van der Waals surface area contributed by atoms with Crippen LogP contribution in [-0.2, 0) is 35.3 Å². The standard InChI is InChI=1S/C58H70N4O7/c1-5-12-47(52(65)32-46-29-45(35-62-46)36(2)33-60-34-37(3)63)44-27-40(25-39-23-24-61-54(59)28-39)26-42-18-21-48(41-15-10-7-11-16-41)55-43(19-22-51(64)58(68)57(67)50(42)30-44)31-53(69-4)56(66)49(55)20-17-38-13-8-6-9-14-38/h6-11,13-16,23-24,28-29,31,35-37,40,42,44,47-48,50,52,58,60,63,65,68H,5,12,17,19-20,22,25-27,30,32-34H2,1-4H3,(H2-,59,61,66)/p+1. The number of carbonyl (C=O) groups excluding carboxylic acids is 2. The molecule has 1 aromatic heterocycles. The number of aryl methyl sites for hydroxylation is 2. The molecule has 7 N–H and O–H groups in total. The Kier molecular flexibility index (Phi) is 17.9. The highest BCUT2D eigenvalue weighted by atomic mass is 16.5. The fourth-order valence-corrected chi connectivity index (χ4v) is 11.0. The number of ketones is 2. The molecule has 3 aromatic carbocycles. The molecule has 7 rings (SSSR count). The molecular weight excluding hydrogens is 865 g/mol. The van der Waals surface area contributed by atoms with Crippen LogP contribution in [0.2, 0.25) is 0 Å². The van der Waals surface area contributed by atoms with Gasteiger partial charge in [-0.3, -0.25) is 9.59 Å². The molecule has 0 amide bonds. The number of aliphatic imine (C=N–C) groups is 1. The van der Waals surface area contributed by atoms with Crippen LogP contribution >= 0.6 is 0 Å². The Bertz CT molecular complexity index is 2480. The number of nitrogens with two attached hydrogens (primary N) is 1. The number of aromatic hydroxyl groups is 1. The molecule has 2 heterocycles. The maximum atomic E-state index is 14.9. The number of allylic oxidation sites excluding steroid dienone is 1. The third-order valence-electron chi connectivity index (χ3n) is 14.6. The van der Waals surface area contributed by atoms with Crippen molar-refractivity contribution in [2.24, 2.45) is 40.5 Å². The lowest BCUT2D eigenvalue weighted by Gasteiger charge is -2.33. The van der Waals surface area contributed by atoms with Crippen LogP contribution in [0.25, 0.3) is 0 Å². The Hall–Kier alpha value is -5.77. The quantitative estimate of drug-likeness (QED) is 0.0325. The number of aliphatic hydroxyl groups is 3. The molecule has 1 aliphatic heterocycles. The Morgan fingerprint density at radius 2 is 1.68 bits per heavy atom. The van der Waals surface area contributed by atoms with E-state index < -0.39 is 47.6 Å². The van der Waals surface area contributed by atoms with Gasteiger partial charge < -0.3 is 36.2 Å². The van der Waals surface area contributed by atoms with Gasteiger partial charge in [-0.05, 0) is 129 Å². The van der Waals surface area contributed by atoms with E-state index in [0.29, 0.717) is 75.8 Å². The minimum atomic E-state index is -1.85. The minimum absolute atomic E-state index is 0.00273. The van der Waals surface area contributed by atoms with Crippen molar-refractivity contribution in [1.29, 1.82) is 0 Å². The number of nitrogens with one attached hydrogen (secondary N) is 1. The van der Waals surface area contributed by atoms with E-state index in [1.165, 1.54) is 7.11 Å². The van der Waals surface area contributed by atoms with Gasteiger partial charge in [-0.25, -0.2) is 4.98 Å². The Labute approximate surface area is 408 Å². The normalized spacial score (nSPS) is 23.5. The number of nitrogens with zero attached hydrogens (tertiary/aromatic N) is 2. The number of aliphatic hydroxyl groups excluding tert-OH is 3. The van der Waals surface area contributed by atoms with Gasteiger partial charge >= 0.3 is 0 Å². The summed E-state index contributed by atoms with van der Waals surface area (Å²) < 4.78 is 5.74. The molecule has 1 fully saturated rings. The van der Waals surface area contributed by atoms with Crippen LogP contribution in [0.15, 0.2) is 102 Å². The lowest BCUT2D eigenvalue weighted by atomic mass is 9.73. The van der Waals surface area contributed by atoms with Crippen molar-refractivity contribution in [2.45, 2.75) is 116 Å². The molecule has 0 radical (unpaired) electrons. The zero-order valence-corrected chi connectivity index (χ0v) is 40.7. The van der Waals surface area contributed by atoms with Crippen molar-refractivity contribution in [2.75, 3.05) is 25.9 Å². The number of rotatable bonds is 18. The maximum Gasteiger partial charge on any atom is 0.177 e. The number of ether oxygens (including phenoxy) is 1. The smallest absolute Gasteiger partial charge is 0.177 e. The molecule has 4 aromatic rings. The number of Topliss-reactive ketones (excluding diaryl/α,β-unsaturated/α-hetero) is 2. The predicted molar refractivity (Wildman–Crippen MR) is 272 cm³/mol. The molecule has 0 bridgehead atoms. The Balaban J connectivity index is 1.31. The van der Waals surface area contributed by atoms with Gasteiger partial charge in [0.2, 0.25) is 0 Å². The van der Waals surface area contributed by atoms with Crippen molar-refractivity contribution in [1.82, 2.24) is 10.3 Å². The summed E-state index contributed by atoms with van der Waals surface area (Å²) in [5.41, 5.74) is 12.3. The Morgan fingerprint density at radius 1 is 0.928 bits per heavy atom.